The topological polar surface area (TPSA) is 81.2 Å². The molecule has 80 heavy (non-hydrogen) atoms. The fourth-order valence-corrected chi connectivity index (χ4v) is 11.1. The number of hydrogen-bond acceptors (Lipinski definition) is 4. The zero-order chi connectivity index (χ0) is 54.1. The number of anilines is 4. The summed E-state index contributed by atoms with van der Waals surface area (Å²) in [6, 6.07) is 86.0. The van der Waals surface area contributed by atoms with Crippen LogP contribution in [0.2, 0.25) is 0 Å². The Labute approximate surface area is 463 Å². The molecular weight excluding hydrogens is 985 g/mol. The molecule has 0 spiro atoms. The van der Waals surface area contributed by atoms with Gasteiger partial charge in [0, 0.05) is 45.0 Å². The van der Waals surface area contributed by atoms with Gasteiger partial charge in [-0.05, 0) is 162 Å². The fraction of sp³-hybridized carbons (Fsp3) is 0.0556. The van der Waals surface area contributed by atoms with Gasteiger partial charge in [-0.1, -0.05) is 170 Å². The lowest BCUT2D eigenvalue weighted by Crippen LogP contribution is -2.34. The van der Waals surface area contributed by atoms with Crippen LogP contribution < -0.4 is 19.6 Å². The van der Waals surface area contributed by atoms with Crippen molar-refractivity contribution in [2.45, 2.75) is 26.2 Å². The van der Waals surface area contributed by atoms with Gasteiger partial charge in [-0.25, -0.2) is 0 Å². The Morgan fingerprint density at radius 2 is 0.412 bits per heavy atom. The second-order valence-corrected chi connectivity index (χ2v) is 20.5. The van der Waals surface area contributed by atoms with Crippen LogP contribution in [0.3, 0.4) is 0 Å². The van der Waals surface area contributed by atoms with Crippen LogP contribution >= 0.6 is 0 Å². The van der Waals surface area contributed by atoms with E-state index < -0.39 is 0 Å². The maximum absolute atomic E-state index is 15.6. The van der Waals surface area contributed by atoms with Crippen molar-refractivity contribution in [3.05, 3.63) is 311 Å². The molecule has 0 unspecified atom stereocenters. The number of carbonyl (C=O) groups excluding carboxylic acids is 4. The number of hydrogen-bond donors (Lipinski definition) is 0. The molecule has 0 atom stereocenters. The van der Waals surface area contributed by atoms with E-state index in [1.807, 2.05) is 121 Å². The molecule has 1 aliphatic rings. The zero-order valence-electron chi connectivity index (χ0n) is 43.7. The summed E-state index contributed by atoms with van der Waals surface area (Å²) in [6.45, 7) is 0.717. The summed E-state index contributed by atoms with van der Waals surface area (Å²) in [4.78, 5) is 69.2. The number of rotatable bonds is 8. The zero-order valence-corrected chi connectivity index (χ0v) is 43.7. The average molecular weight is 1040 g/mol. The Hall–Kier alpha value is -10.4. The molecule has 0 fully saturated rings. The highest BCUT2D eigenvalue weighted by Gasteiger charge is 2.28. The lowest BCUT2D eigenvalue weighted by atomic mass is 10.0. The molecule has 8 nitrogen and oxygen atoms in total. The van der Waals surface area contributed by atoms with Crippen molar-refractivity contribution < 1.29 is 19.2 Å². The van der Waals surface area contributed by atoms with E-state index >= 15 is 19.2 Å². The van der Waals surface area contributed by atoms with Crippen LogP contribution in [-0.4, -0.2) is 23.6 Å². The van der Waals surface area contributed by atoms with Gasteiger partial charge in [0.25, 0.3) is 23.6 Å². The van der Waals surface area contributed by atoms with Gasteiger partial charge in [0.1, 0.15) is 0 Å². The van der Waals surface area contributed by atoms with Crippen molar-refractivity contribution in [1.82, 2.24) is 0 Å². The summed E-state index contributed by atoms with van der Waals surface area (Å²) in [5.74, 6) is -1.27. The molecule has 0 saturated carbocycles. The molecule has 0 N–H and O–H groups in total. The van der Waals surface area contributed by atoms with Gasteiger partial charge >= 0.3 is 0 Å². The second-order valence-electron chi connectivity index (χ2n) is 20.5. The van der Waals surface area contributed by atoms with Crippen molar-refractivity contribution >= 4 is 89.5 Å². The van der Waals surface area contributed by atoms with Gasteiger partial charge in [0.05, 0.1) is 26.2 Å². The Kier molecular flexibility index (Phi) is 13.0. The van der Waals surface area contributed by atoms with E-state index in [-0.39, 0.29) is 49.8 Å². The highest BCUT2D eigenvalue weighted by atomic mass is 16.2. The molecule has 12 aromatic rings. The van der Waals surface area contributed by atoms with Crippen molar-refractivity contribution in [3.63, 3.8) is 0 Å². The molecule has 0 saturated heterocycles. The summed E-state index contributed by atoms with van der Waals surface area (Å²) < 4.78 is 0. The van der Waals surface area contributed by atoms with Gasteiger partial charge in [0.2, 0.25) is 0 Å². The lowest BCUT2D eigenvalue weighted by molar-refractivity contribution is 0.0971. The molecule has 1 heterocycles. The second kappa shape index (κ2) is 21.2. The summed E-state index contributed by atoms with van der Waals surface area (Å²) >= 11 is 0. The number of fused-ring (bicyclic) bond motifs is 12. The van der Waals surface area contributed by atoms with Gasteiger partial charge in [0.15, 0.2) is 0 Å². The van der Waals surface area contributed by atoms with Crippen LogP contribution in [0.1, 0.15) is 63.7 Å². The Bertz CT molecular complexity index is 3850. The molecule has 0 aliphatic carbocycles. The van der Waals surface area contributed by atoms with Crippen LogP contribution in [-0.2, 0) is 26.2 Å². The molecule has 4 amide bonds. The van der Waals surface area contributed by atoms with Crippen LogP contribution in [0.15, 0.2) is 267 Å². The predicted molar refractivity (Wildman–Crippen MR) is 324 cm³/mol. The largest absolute Gasteiger partial charge is 0.304 e. The van der Waals surface area contributed by atoms with E-state index in [0.717, 1.165) is 65.3 Å². The van der Waals surface area contributed by atoms with E-state index in [9.17, 15) is 0 Å². The van der Waals surface area contributed by atoms with Gasteiger partial charge in [-0.3, -0.25) is 19.2 Å². The normalized spacial score (nSPS) is 13.2. The Morgan fingerprint density at radius 1 is 0.200 bits per heavy atom. The molecule has 0 radical (unpaired) electrons. The predicted octanol–water partition coefficient (Wildman–Crippen LogP) is 16.0. The summed E-state index contributed by atoms with van der Waals surface area (Å²) in [7, 11) is 0. The third kappa shape index (κ3) is 9.94. The Morgan fingerprint density at radius 3 is 0.637 bits per heavy atom. The monoisotopic (exact) mass is 1040 g/mol. The van der Waals surface area contributed by atoms with Crippen LogP contribution in [0, 0.1) is 0 Å². The van der Waals surface area contributed by atoms with Crippen LogP contribution in [0.4, 0.5) is 22.7 Å². The summed E-state index contributed by atoms with van der Waals surface area (Å²) in [5, 5.41) is 8.43. The minimum atomic E-state index is -0.317. The van der Waals surface area contributed by atoms with Gasteiger partial charge < -0.3 is 19.6 Å². The van der Waals surface area contributed by atoms with E-state index in [4.69, 9.17) is 0 Å². The van der Waals surface area contributed by atoms with Crippen molar-refractivity contribution in [3.8, 4) is 0 Å². The minimum Gasteiger partial charge on any atom is -0.304 e. The Balaban J connectivity index is 0.989. The third-order valence-electron chi connectivity index (χ3n) is 15.2. The lowest BCUT2D eigenvalue weighted by Gasteiger charge is -2.28. The minimum absolute atomic E-state index is 0.179. The van der Waals surface area contributed by atoms with Crippen molar-refractivity contribution in [2.75, 3.05) is 19.6 Å². The van der Waals surface area contributed by atoms with Crippen LogP contribution in [0.25, 0.3) is 43.1 Å². The first-order valence-corrected chi connectivity index (χ1v) is 26.8. The third-order valence-corrected chi connectivity index (χ3v) is 15.2. The summed E-state index contributed by atoms with van der Waals surface area (Å²) in [5.41, 5.74) is 6.99. The number of benzene rings is 12. The van der Waals surface area contributed by atoms with Crippen LogP contribution in [0.5, 0.6) is 0 Å². The molecular formula is C72H52N4O4. The molecule has 384 valence electrons. The average Bonchev–Trinajstić information content (AvgIpc) is 3.55. The summed E-state index contributed by atoms with van der Waals surface area (Å²) in [6.07, 6.45) is 0. The molecule has 13 rings (SSSR count). The number of amides is 4. The molecule has 8 bridgehead atoms. The quantitative estimate of drug-likeness (QED) is 0.152. The number of carbonyl (C=O) groups is 4. The molecule has 8 heteroatoms. The standard InChI is InChI=1S/C72H52N4O4/c77-69-61-21-10-26-66(42-61)74(46-50-30-34-54-14-2-6-18-58(54)38-50)71(79)63-23-12-28-68(44-63)76(48-52-32-36-56-16-4-8-20-60(56)40-52)72(80)64-24-11-27-67(43-64)75(47-51-31-35-55-15-3-7-19-59(55)39-51)70(78)62-22-9-25-65(41-62)73(69)45-49-29-33-53-13-1-5-17-57(53)37-49/h1-44H,45-48H2. The maximum atomic E-state index is 15.6. The van der Waals surface area contributed by atoms with Crippen molar-refractivity contribution in [1.29, 1.82) is 0 Å². The van der Waals surface area contributed by atoms with E-state index in [1.54, 1.807) is 68.1 Å². The van der Waals surface area contributed by atoms with Gasteiger partial charge in [-0.2, -0.15) is 0 Å². The maximum Gasteiger partial charge on any atom is 0.258 e. The molecule has 1 aliphatic heterocycles. The first kappa shape index (κ1) is 49.2. The van der Waals surface area contributed by atoms with Gasteiger partial charge in [-0.15, -0.1) is 0 Å². The van der Waals surface area contributed by atoms with Crippen molar-refractivity contribution in [2.24, 2.45) is 0 Å². The van der Waals surface area contributed by atoms with E-state index in [2.05, 4.69) is 97.1 Å². The fourth-order valence-electron chi connectivity index (χ4n) is 11.1. The van der Waals surface area contributed by atoms with E-state index in [0.29, 0.717) is 45.0 Å². The van der Waals surface area contributed by atoms with E-state index in [1.165, 1.54) is 0 Å². The first-order chi connectivity index (χ1) is 39.2. The highest BCUT2D eigenvalue weighted by Crippen LogP contribution is 2.33. The smallest absolute Gasteiger partial charge is 0.258 e. The first-order valence-electron chi connectivity index (χ1n) is 26.8. The highest BCUT2D eigenvalue weighted by molar-refractivity contribution is 6.13. The SMILES string of the molecule is O=C1c2cccc(c2)N(Cc2ccc3ccccc3c2)C(=O)c2cccc(c2)N(Cc2ccc3ccccc3c2)C(=O)c2cccc(c2)N(Cc2ccc3ccccc3c2)C(=O)c2cccc(c2)N1Cc1ccc2ccccc2c1. The number of nitrogens with zero attached hydrogens (tertiary/aromatic N) is 4. The molecule has 0 aromatic heterocycles. The molecule has 12 aromatic carbocycles.